The Kier molecular flexibility index (Phi) is 5.17. The quantitative estimate of drug-likeness (QED) is 0.871. The van der Waals surface area contributed by atoms with E-state index in [1.807, 2.05) is 0 Å². The summed E-state index contributed by atoms with van der Waals surface area (Å²) in [4.78, 5) is 0. The van der Waals surface area contributed by atoms with E-state index in [0.717, 1.165) is 38.0 Å². The van der Waals surface area contributed by atoms with E-state index in [-0.39, 0.29) is 6.04 Å². The van der Waals surface area contributed by atoms with Crippen molar-refractivity contribution >= 4 is 0 Å². The van der Waals surface area contributed by atoms with Gasteiger partial charge < -0.3 is 15.2 Å². The van der Waals surface area contributed by atoms with Crippen LogP contribution in [-0.2, 0) is 15.9 Å². The summed E-state index contributed by atoms with van der Waals surface area (Å²) < 4.78 is 11.2. The van der Waals surface area contributed by atoms with Crippen LogP contribution < -0.4 is 5.73 Å². The lowest BCUT2D eigenvalue weighted by Gasteiger charge is -2.24. The molecule has 1 heterocycles. The van der Waals surface area contributed by atoms with Crippen LogP contribution in [0.3, 0.4) is 0 Å². The summed E-state index contributed by atoms with van der Waals surface area (Å²) in [6.07, 6.45) is 3.36. The summed E-state index contributed by atoms with van der Waals surface area (Å²) in [5, 5.41) is 0. The van der Waals surface area contributed by atoms with Gasteiger partial charge in [-0.1, -0.05) is 31.2 Å². The van der Waals surface area contributed by atoms with E-state index >= 15 is 0 Å². The van der Waals surface area contributed by atoms with E-state index in [1.165, 1.54) is 5.56 Å². The van der Waals surface area contributed by atoms with Crippen molar-refractivity contribution in [3.8, 4) is 0 Å². The molecule has 1 saturated heterocycles. The second-order valence-electron chi connectivity index (χ2n) is 4.85. The average molecular weight is 249 g/mol. The molecule has 1 unspecified atom stereocenters. The Labute approximate surface area is 109 Å². The zero-order chi connectivity index (χ0) is 12.8. The van der Waals surface area contributed by atoms with Crippen LogP contribution in [0, 0.1) is 0 Å². The Balaban J connectivity index is 1.80. The minimum absolute atomic E-state index is 0.0289. The van der Waals surface area contributed by atoms with Crippen LogP contribution in [0.15, 0.2) is 24.3 Å². The molecule has 0 aromatic heterocycles. The highest BCUT2D eigenvalue weighted by Crippen LogP contribution is 2.16. The molecule has 100 valence electrons. The molecule has 1 aliphatic rings. The smallest absolute Gasteiger partial charge is 0.0663 e. The summed E-state index contributed by atoms with van der Waals surface area (Å²) in [6, 6.07) is 8.47. The molecule has 2 rings (SSSR count). The van der Waals surface area contributed by atoms with Crippen LogP contribution in [0.1, 0.15) is 36.9 Å². The minimum Gasteiger partial charge on any atom is -0.381 e. The van der Waals surface area contributed by atoms with E-state index in [2.05, 4.69) is 31.2 Å². The lowest BCUT2D eigenvalue weighted by Crippen LogP contribution is -2.27. The topological polar surface area (TPSA) is 44.5 Å². The number of rotatable bonds is 5. The first-order valence-electron chi connectivity index (χ1n) is 6.83. The third kappa shape index (κ3) is 3.80. The summed E-state index contributed by atoms with van der Waals surface area (Å²) in [5.74, 6) is 0. The molecule has 0 aliphatic carbocycles. The lowest BCUT2D eigenvalue weighted by atomic mass is 10.0. The van der Waals surface area contributed by atoms with Gasteiger partial charge >= 0.3 is 0 Å². The Bertz CT molecular complexity index is 344. The van der Waals surface area contributed by atoms with Gasteiger partial charge in [0.15, 0.2) is 0 Å². The van der Waals surface area contributed by atoms with Gasteiger partial charge in [0.1, 0.15) is 0 Å². The normalized spacial score (nSPS) is 18.8. The van der Waals surface area contributed by atoms with Crippen LogP contribution in [-0.4, -0.2) is 25.9 Å². The van der Waals surface area contributed by atoms with Crippen LogP contribution in [0.4, 0.5) is 0 Å². The molecule has 1 aliphatic heterocycles. The molecular formula is C15H23NO2. The summed E-state index contributed by atoms with van der Waals surface area (Å²) >= 11 is 0. The van der Waals surface area contributed by atoms with Crippen LogP contribution in [0.2, 0.25) is 0 Å². The molecule has 3 nitrogen and oxygen atoms in total. The Morgan fingerprint density at radius 3 is 2.56 bits per heavy atom. The van der Waals surface area contributed by atoms with Crippen molar-refractivity contribution in [1.29, 1.82) is 0 Å². The highest BCUT2D eigenvalue weighted by molar-refractivity contribution is 5.24. The van der Waals surface area contributed by atoms with E-state index in [1.54, 1.807) is 0 Å². The van der Waals surface area contributed by atoms with Crippen molar-refractivity contribution in [3.63, 3.8) is 0 Å². The average Bonchev–Trinajstić information content (AvgIpc) is 2.46. The van der Waals surface area contributed by atoms with Gasteiger partial charge in [0, 0.05) is 13.2 Å². The number of aryl methyl sites for hydroxylation is 1. The standard InChI is InChI=1S/C15H23NO2/c1-2-12-3-5-13(6-4-12)15(16)11-18-14-7-9-17-10-8-14/h3-6,14-15H,2,7-11,16H2,1H3. The predicted octanol–water partition coefficient (Wildman–Crippen LogP) is 2.44. The van der Waals surface area contributed by atoms with Gasteiger partial charge in [-0.2, -0.15) is 0 Å². The van der Waals surface area contributed by atoms with Gasteiger partial charge in [-0.05, 0) is 30.4 Å². The van der Waals surface area contributed by atoms with Crippen molar-refractivity contribution in [2.45, 2.75) is 38.3 Å². The molecule has 0 bridgehead atoms. The molecule has 3 heteroatoms. The van der Waals surface area contributed by atoms with Gasteiger partial charge in [-0.15, -0.1) is 0 Å². The van der Waals surface area contributed by atoms with Gasteiger partial charge in [0.05, 0.1) is 18.8 Å². The monoisotopic (exact) mass is 249 g/mol. The fourth-order valence-corrected chi connectivity index (χ4v) is 2.18. The number of ether oxygens (including phenoxy) is 2. The molecule has 1 fully saturated rings. The summed E-state index contributed by atoms with van der Waals surface area (Å²) in [6.45, 7) is 4.37. The number of nitrogens with two attached hydrogens (primary N) is 1. The summed E-state index contributed by atoms with van der Waals surface area (Å²) in [5.41, 5.74) is 8.64. The first kappa shape index (κ1) is 13.5. The second kappa shape index (κ2) is 6.88. The summed E-state index contributed by atoms with van der Waals surface area (Å²) in [7, 11) is 0. The number of benzene rings is 1. The highest BCUT2D eigenvalue weighted by Gasteiger charge is 2.16. The Hall–Kier alpha value is -0.900. The fraction of sp³-hybridized carbons (Fsp3) is 0.600. The molecular weight excluding hydrogens is 226 g/mol. The van der Waals surface area contributed by atoms with Crippen molar-refractivity contribution < 1.29 is 9.47 Å². The first-order valence-corrected chi connectivity index (χ1v) is 6.83. The maximum atomic E-state index is 6.15. The van der Waals surface area contributed by atoms with E-state index in [4.69, 9.17) is 15.2 Å². The van der Waals surface area contributed by atoms with Crippen molar-refractivity contribution in [2.75, 3.05) is 19.8 Å². The van der Waals surface area contributed by atoms with Gasteiger partial charge in [0.2, 0.25) is 0 Å². The third-order valence-corrected chi connectivity index (χ3v) is 3.50. The Morgan fingerprint density at radius 1 is 1.28 bits per heavy atom. The van der Waals surface area contributed by atoms with Crippen molar-refractivity contribution in [1.82, 2.24) is 0 Å². The van der Waals surface area contributed by atoms with E-state index in [0.29, 0.717) is 12.7 Å². The van der Waals surface area contributed by atoms with Gasteiger partial charge in [0.25, 0.3) is 0 Å². The van der Waals surface area contributed by atoms with Crippen LogP contribution in [0.5, 0.6) is 0 Å². The highest BCUT2D eigenvalue weighted by atomic mass is 16.5. The molecule has 0 saturated carbocycles. The molecule has 0 spiro atoms. The first-order chi connectivity index (χ1) is 8.79. The molecule has 2 N–H and O–H groups in total. The van der Waals surface area contributed by atoms with Crippen LogP contribution in [0.25, 0.3) is 0 Å². The van der Waals surface area contributed by atoms with Gasteiger partial charge in [-0.3, -0.25) is 0 Å². The largest absolute Gasteiger partial charge is 0.381 e. The van der Waals surface area contributed by atoms with E-state index in [9.17, 15) is 0 Å². The molecule has 1 aromatic rings. The second-order valence-corrected chi connectivity index (χ2v) is 4.85. The number of hydrogen-bond donors (Lipinski definition) is 1. The maximum absolute atomic E-state index is 6.15. The molecule has 1 aromatic carbocycles. The number of hydrogen-bond acceptors (Lipinski definition) is 3. The maximum Gasteiger partial charge on any atom is 0.0663 e. The fourth-order valence-electron chi connectivity index (χ4n) is 2.18. The Morgan fingerprint density at radius 2 is 1.94 bits per heavy atom. The van der Waals surface area contributed by atoms with Crippen LogP contribution >= 0.6 is 0 Å². The molecule has 18 heavy (non-hydrogen) atoms. The zero-order valence-electron chi connectivity index (χ0n) is 11.1. The lowest BCUT2D eigenvalue weighted by molar-refractivity contribution is -0.0358. The van der Waals surface area contributed by atoms with E-state index < -0.39 is 0 Å². The van der Waals surface area contributed by atoms with Gasteiger partial charge in [-0.25, -0.2) is 0 Å². The predicted molar refractivity (Wildman–Crippen MR) is 72.5 cm³/mol. The minimum atomic E-state index is -0.0289. The third-order valence-electron chi connectivity index (χ3n) is 3.50. The molecule has 1 atom stereocenters. The molecule has 0 amide bonds. The van der Waals surface area contributed by atoms with Crippen molar-refractivity contribution in [3.05, 3.63) is 35.4 Å². The molecule has 0 radical (unpaired) electrons. The zero-order valence-corrected chi connectivity index (χ0v) is 11.1. The SMILES string of the molecule is CCc1ccc(C(N)COC2CCOCC2)cc1. The van der Waals surface area contributed by atoms with Crippen molar-refractivity contribution in [2.24, 2.45) is 5.73 Å².